The van der Waals surface area contributed by atoms with Crippen LogP contribution >= 0.6 is 22.6 Å². The van der Waals surface area contributed by atoms with E-state index in [4.69, 9.17) is 10.9 Å². The Labute approximate surface area is 135 Å². The molecule has 0 saturated carbocycles. The lowest BCUT2D eigenvalue weighted by atomic mass is 10.1. The molecule has 0 radical (unpaired) electrons. The first-order chi connectivity index (χ1) is 10.0. The van der Waals surface area contributed by atoms with Crippen molar-refractivity contribution in [1.82, 2.24) is 9.80 Å². The van der Waals surface area contributed by atoms with E-state index in [-0.39, 0.29) is 17.6 Å². The second kappa shape index (κ2) is 7.03. The minimum atomic E-state index is -0.348. The molecule has 8 heteroatoms. The van der Waals surface area contributed by atoms with Crippen LogP contribution in [0.5, 0.6) is 0 Å². The van der Waals surface area contributed by atoms with Gasteiger partial charge in [-0.3, -0.25) is 9.69 Å². The van der Waals surface area contributed by atoms with Crippen molar-refractivity contribution < 1.29 is 14.4 Å². The minimum absolute atomic E-state index is 0.0946. The molecule has 0 spiro atoms. The molecule has 6 nitrogen and oxygen atoms in total. The maximum Gasteiger partial charge on any atom is 0.255 e. The van der Waals surface area contributed by atoms with Crippen LogP contribution in [-0.2, 0) is 0 Å². The Morgan fingerprint density at radius 3 is 2.62 bits per heavy atom. The highest BCUT2D eigenvalue weighted by molar-refractivity contribution is 14.1. The quantitative estimate of drug-likeness (QED) is 0.257. The molecule has 1 aromatic rings. The monoisotopic (exact) mass is 406 g/mol. The van der Waals surface area contributed by atoms with Gasteiger partial charge in [-0.25, -0.2) is 4.39 Å². The third-order valence-electron chi connectivity index (χ3n) is 3.34. The average Bonchev–Trinajstić information content (AvgIpc) is 2.47. The predicted molar refractivity (Wildman–Crippen MR) is 84.9 cm³/mol. The fourth-order valence-electron chi connectivity index (χ4n) is 2.20. The number of hydrogen-bond donors (Lipinski definition) is 2. The predicted octanol–water partition coefficient (Wildman–Crippen LogP) is 0.935. The van der Waals surface area contributed by atoms with Gasteiger partial charge in [-0.1, -0.05) is 5.16 Å². The summed E-state index contributed by atoms with van der Waals surface area (Å²) in [6, 6.07) is 4.16. The summed E-state index contributed by atoms with van der Waals surface area (Å²) in [7, 11) is 0. The lowest BCUT2D eigenvalue weighted by Gasteiger charge is -2.34. The highest BCUT2D eigenvalue weighted by Crippen LogP contribution is 2.17. The van der Waals surface area contributed by atoms with E-state index < -0.39 is 0 Å². The van der Waals surface area contributed by atoms with E-state index in [1.807, 2.05) is 27.5 Å². The first-order valence-corrected chi connectivity index (χ1v) is 7.52. The Hall–Kier alpha value is -1.42. The molecule has 114 valence electrons. The van der Waals surface area contributed by atoms with Gasteiger partial charge in [0, 0.05) is 29.7 Å². The van der Waals surface area contributed by atoms with Crippen molar-refractivity contribution in [2.24, 2.45) is 10.9 Å². The molecule has 0 aromatic heterocycles. The Kier molecular flexibility index (Phi) is 5.34. The fraction of sp³-hybridized carbons (Fsp3) is 0.385. The first-order valence-electron chi connectivity index (χ1n) is 6.44. The summed E-state index contributed by atoms with van der Waals surface area (Å²) < 4.78 is 13.7. The normalized spacial score (nSPS) is 17.0. The van der Waals surface area contributed by atoms with Gasteiger partial charge in [-0.15, -0.1) is 0 Å². The zero-order chi connectivity index (χ0) is 15.4. The molecule has 2 rings (SSSR count). The van der Waals surface area contributed by atoms with Crippen molar-refractivity contribution in [3.05, 3.63) is 33.1 Å². The van der Waals surface area contributed by atoms with Crippen molar-refractivity contribution in [3.8, 4) is 0 Å². The number of oxime groups is 1. The summed E-state index contributed by atoms with van der Waals surface area (Å²) in [5.74, 6) is -0.287. The van der Waals surface area contributed by atoms with Crippen LogP contribution in [0.25, 0.3) is 0 Å². The maximum atomic E-state index is 13.1. The lowest BCUT2D eigenvalue weighted by molar-refractivity contribution is 0.0652. The number of carbonyl (C=O) groups is 1. The summed E-state index contributed by atoms with van der Waals surface area (Å²) in [6.45, 7) is 2.81. The molecule has 1 amide bonds. The van der Waals surface area contributed by atoms with Gasteiger partial charge < -0.3 is 15.8 Å². The standard InChI is InChI=1S/C13H16FIN4O2/c14-9-1-2-10(11(15)7-9)13(20)19-5-3-18(4-6-19)8-12(16)17-21/h1-2,7,21H,3-6,8H2,(H2,16,17). The summed E-state index contributed by atoms with van der Waals surface area (Å²) in [6.07, 6.45) is 0. The highest BCUT2D eigenvalue weighted by Gasteiger charge is 2.23. The molecule has 0 unspecified atom stereocenters. The van der Waals surface area contributed by atoms with Crippen LogP contribution in [0.3, 0.4) is 0 Å². The van der Waals surface area contributed by atoms with Gasteiger partial charge in [0.1, 0.15) is 5.82 Å². The van der Waals surface area contributed by atoms with Crippen LogP contribution in [0.4, 0.5) is 4.39 Å². The summed E-state index contributed by atoms with van der Waals surface area (Å²) in [4.78, 5) is 16.2. The third kappa shape index (κ3) is 4.03. The fourth-order valence-corrected chi connectivity index (χ4v) is 2.91. The van der Waals surface area contributed by atoms with Crippen molar-refractivity contribution in [3.63, 3.8) is 0 Å². The van der Waals surface area contributed by atoms with E-state index in [9.17, 15) is 9.18 Å². The minimum Gasteiger partial charge on any atom is -0.409 e. The smallest absolute Gasteiger partial charge is 0.255 e. The van der Waals surface area contributed by atoms with Gasteiger partial charge in [0.25, 0.3) is 5.91 Å². The average molecular weight is 406 g/mol. The van der Waals surface area contributed by atoms with Crippen molar-refractivity contribution in [2.75, 3.05) is 32.7 Å². The number of benzene rings is 1. The number of nitrogens with zero attached hydrogens (tertiary/aromatic N) is 3. The van der Waals surface area contributed by atoms with E-state index in [2.05, 4.69) is 5.16 Å². The SMILES string of the molecule is N/C(CN1CCN(C(=O)c2ccc(F)cc2I)CC1)=N/O. The highest BCUT2D eigenvalue weighted by atomic mass is 127. The van der Waals surface area contributed by atoms with E-state index in [1.54, 1.807) is 4.90 Å². The van der Waals surface area contributed by atoms with Crippen molar-refractivity contribution in [2.45, 2.75) is 0 Å². The summed E-state index contributed by atoms with van der Waals surface area (Å²) in [5, 5.41) is 11.5. The largest absolute Gasteiger partial charge is 0.409 e. The number of piperazine rings is 1. The van der Waals surface area contributed by atoms with Crippen LogP contribution in [0.2, 0.25) is 0 Å². The molecule has 1 fully saturated rings. The molecule has 0 atom stereocenters. The molecule has 1 aliphatic rings. The molecular formula is C13H16FIN4O2. The van der Waals surface area contributed by atoms with Gasteiger partial charge in [0.15, 0.2) is 5.84 Å². The van der Waals surface area contributed by atoms with E-state index in [0.717, 1.165) is 0 Å². The van der Waals surface area contributed by atoms with E-state index in [1.165, 1.54) is 18.2 Å². The Morgan fingerprint density at radius 2 is 2.05 bits per heavy atom. The van der Waals surface area contributed by atoms with Crippen molar-refractivity contribution >= 4 is 34.3 Å². The van der Waals surface area contributed by atoms with Crippen LogP contribution < -0.4 is 5.73 Å². The summed E-state index contributed by atoms with van der Waals surface area (Å²) in [5.41, 5.74) is 5.98. The number of rotatable bonds is 3. The van der Waals surface area contributed by atoms with Gasteiger partial charge >= 0.3 is 0 Å². The number of amides is 1. The number of halogens is 2. The zero-order valence-corrected chi connectivity index (χ0v) is 13.5. The topological polar surface area (TPSA) is 82.2 Å². The molecular weight excluding hydrogens is 390 g/mol. The Balaban J connectivity index is 1.97. The Morgan fingerprint density at radius 1 is 1.38 bits per heavy atom. The van der Waals surface area contributed by atoms with Crippen molar-refractivity contribution in [1.29, 1.82) is 0 Å². The van der Waals surface area contributed by atoms with Crippen LogP contribution in [-0.4, -0.2) is 59.5 Å². The molecule has 1 saturated heterocycles. The molecule has 3 N–H and O–H groups in total. The number of carbonyl (C=O) groups excluding carboxylic acids is 1. The second-order valence-corrected chi connectivity index (χ2v) is 5.95. The molecule has 1 heterocycles. The molecule has 21 heavy (non-hydrogen) atoms. The van der Waals surface area contributed by atoms with Gasteiger partial charge in [0.05, 0.1) is 12.1 Å². The number of amidine groups is 1. The zero-order valence-electron chi connectivity index (χ0n) is 11.3. The lowest BCUT2D eigenvalue weighted by Crippen LogP contribution is -2.50. The van der Waals surface area contributed by atoms with E-state index >= 15 is 0 Å². The second-order valence-electron chi connectivity index (χ2n) is 4.78. The third-order valence-corrected chi connectivity index (χ3v) is 4.23. The number of nitrogens with two attached hydrogens (primary N) is 1. The van der Waals surface area contributed by atoms with Crippen LogP contribution in [0.15, 0.2) is 23.4 Å². The Bertz CT molecular complexity index is 559. The van der Waals surface area contributed by atoms with Gasteiger partial charge in [-0.2, -0.15) is 0 Å². The van der Waals surface area contributed by atoms with Gasteiger partial charge in [-0.05, 0) is 40.8 Å². The van der Waals surface area contributed by atoms with Crippen LogP contribution in [0, 0.1) is 9.39 Å². The maximum absolute atomic E-state index is 13.1. The molecule has 1 aromatic carbocycles. The molecule has 1 aliphatic heterocycles. The van der Waals surface area contributed by atoms with E-state index in [0.29, 0.717) is 41.9 Å². The first kappa shape index (κ1) is 16.0. The number of hydrogen-bond acceptors (Lipinski definition) is 4. The molecule has 0 aliphatic carbocycles. The van der Waals surface area contributed by atoms with Crippen LogP contribution in [0.1, 0.15) is 10.4 Å². The molecule has 0 bridgehead atoms. The van der Waals surface area contributed by atoms with Gasteiger partial charge in [0.2, 0.25) is 0 Å². The summed E-state index contributed by atoms with van der Waals surface area (Å²) >= 11 is 1.96.